The van der Waals surface area contributed by atoms with E-state index in [0.29, 0.717) is 12.6 Å². The van der Waals surface area contributed by atoms with E-state index in [0.717, 1.165) is 5.52 Å². The zero-order valence-corrected chi connectivity index (χ0v) is 11.8. The summed E-state index contributed by atoms with van der Waals surface area (Å²) in [5.74, 6) is 0. The molecule has 1 aliphatic rings. The van der Waals surface area contributed by atoms with E-state index in [-0.39, 0.29) is 6.61 Å². The molecule has 0 atom stereocenters. The van der Waals surface area contributed by atoms with E-state index in [9.17, 15) is 5.11 Å². The number of aromatic nitrogens is 1. The van der Waals surface area contributed by atoms with Gasteiger partial charge in [-0.2, -0.15) is 0 Å². The Hall–Kier alpha value is -1.61. The fourth-order valence-electron chi connectivity index (χ4n) is 3.33. The van der Waals surface area contributed by atoms with Crippen LogP contribution in [-0.2, 0) is 0 Å². The van der Waals surface area contributed by atoms with Crippen LogP contribution < -0.4 is 4.90 Å². The summed E-state index contributed by atoms with van der Waals surface area (Å²) in [6, 6.07) is 10.9. The first kappa shape index (κ1) is 13.4. The molecule has 0 aliphatic heterocycles. The summed E-state index contributed by atoms with van der Waals surface area (Å²) < 4.78 is 0. The van der Waals surface area contributed by atoms with Crippen molar-refractivity contribution in [3.8, 4) is 0 Å². The Labute approximate surface area is 120 Å². The van der Waals surface area contributed by atoms with Gasteiger partial charge in [0.15, 0.2) is 0 Å². The number of benzene rings is 1. The molecule has 1 heterocycles. The molecule has 1 saturated carbocycles. The number of anilines is 1. The Morgan fingerprint density at radius 3 is 2.70 bits per heavy atom. The molecule has 1 aromatic carbocycles. The number of fused-ring (bicyclic) bond motifs is 1. The van der Waals surface area contributed by atoms with E-state index in [1.54, 1.807) is 0 Å². The zero-order valence-electron chi connectivity index (χ0n) is 11.8. The molecule has 3 rings (SSSR count). The summed E-state index contributed by atoms with van der Waals surface area (Å²) in [6.45, 7) is 0.909. The standard InChI is InChI=1S/C17H22N2O/c20-13-12-19(14-6-2-1-3-7-14)17-10-11-18-16-9-5-4-8-15(16)17/h4-5,8-11,14,20H,1-3,6-7,12-13H2. The lowest BCUT2D eigenvalue weighted by molar-refractivity contribution is 0.290. The van der Waals surface area contributed by atoms with Crippen molar-refractivity contribution in [3.63, 3.8) is 0 Å². The van der Waals surface area contributed by atoms with Crippen LogP contribution in [0.2, 0.25) is 0 Å². The van der Waals surface area contributed by atoms with Gasteiger partial charge in [0, 0.05) is 29.9 Å². The highest BCUT2D eigenvalue weighted by Gasteiger charge is 2.22. The van der Waals surface area contributed by atoms with E-state index in [1.807, 2.05) is 12.3 Å². The van der Waals surface area contributed by atoms with Gasteiger partial charge in [0.25, 0.3) is 0 Å². The number of nitrogens with zero attached hydrogens (tertiary/aromatic N) is 2. The van der Waals surface area contributed by atoms with Crippen LogP contribution in [0.25, 0.3) is 10.9 Å². The van der Waals surface area contributed by atoms with E-state index < -0.39 is 0 Å². The van der Waals surface area contributed by atoms with Crippen molar-refractivity contribution in [3.05, 3.63) is 36.5 Å². The molecular weight excluding hydrogens is 248 g/mol. The van der Waals surface area contributed by atoms with Gasteiger partial charge < -0.3 is 10.0 Å². The van der Waals surface area contributed by atoms with E-state index in [2.05, 4.69) is 34.1 Å². The predicted octanol–water partition coefficient (Wildman–Crippen LogP) is 3.37. The smallest absolute Gasteiger partial charge is 0.0722 e. The molecule has 3 nitrogen and oxygen atoms in total. The first-order chi connectivity index (χ1) is 9.90. The minimum absolute atomic E-state index is 0.202. The van der Waals surface area contributed by atoms with Gasteiger partial charge in [-0.1, -0.05) is 37.5 Å². The molecule has 3 heteroatoms. The molecule has 1 N–H and O–H groups in total. The second kappa shape index (κ2) is 6.23. The monoisotopic (exact) mass is 270 g/mol. The second-order valence-electron chi connectivity index (χ2n) is 5.56. The van der Waals surface area contributed by atoms with Gasteiger partial charge in [0.05, 0.1) is 12.1 Å². The molecule has 20 heavy (non-hydrogen) atoms. The summed E-state index contributed by atoms with van der Waals surface area (Å²) in [5.41, 5.74) is 2.25. The minimum Gasteiger partial charge on any atom is -0.395 e. The summed E-state index contributed by atoms with van der Waals surface area (Å²) >= 11 is 0. The SMILES string of the molecule is OCCN(c1ccnc2ccccc12)C1CCCCC1. The predicted molar refractivity (Wildman–Crippen MR) is 83.0 cm³/mol. The van der Waals surface area contributed by atoms with Gasteiger partial charge in [-0.05, 0) is 25.0 Å². The maximum Gasteiger partial charge on any atom is 0.0722 e. The maximum atomic E-state index is 9.44. The van der Waals surface area contributed by atoms with Crippen molar-refractivity contribution in [2.24, 2.45) is 0 Å². The van der Waals surface area contributed by atoms with E-state index in [1.165, 1.54) is 43.2 Å². The lowest BCUT2D eigenvalue weighted by Gasteiger charge is -2.36. The van der Waals surface area contributed by atoms with Crippen LogP contribution in [0.3, 0.4) is 0 Å². The molecular formula is C17H22N2O. The van der Waals surface area contributed by atoms with Crippen molar-refractivity contribution in [2.45, 2.75) is 38.1 Å². The Morgan fingerprint density at radius 1 is 1.10 bits per heavy atom. The highest BCUT2D eigenvalue weighted by molar-refractivity contribution is 5.91. The number of rotatable bonds is 4. The fourth-order valence-corrected chi connectivity index (χ4v) is 3.33. The zero-order chi connectivity index (χ0) is 13.8. The number of para-hydroxylation sites is 1. The van der Waals surface area contributed by atoms with Gasteiger partial charge in [-0.15, -0.1) is 0 Å². The van der Waals surface area contributed by atoms with Gasteiger partial charge in [0.2, 0.25) is 0 Å². The summed E-state index contributed by atoms with van der Waals surface area (Å²) in [7, 11) is 0. The van der Waals surface area contributed by atoms with Crippen LogP contribution in [-0.4, -0.2) is 29.3 Å². The molecule has 0 unspecified atom stereocenters. The quantitative estimate of drug-likeness (QED) is 0.925. The minimum atomic E-state index is 0.202. The Kier molecular flexibility index (Phi) is 4.16. The molecule has 0 saturated heterocycles. The molecule has 1 aliphatic carbocycles. The molecule has 1 fully saturated rings. The molecule has 0 amide bonds. The molecule has 0 spiro atoms. The van der Waals surface area contributed by atoms with Crippen LogP contribution in [0.5, 0.6) is 0 Å². The van der Waals surface area contributed by atoms with Gasteiger partial charge >= 0.3 is 0 Å². The van der Waals surface area contributed by atoms with Crippen LogP contribution in [0.15, 0.2) is 36.5 Å². The average molecular weight is 270 g/mol. The maximum absolute atomic E-state index is 9.44. The van der Waals surface area contributed by atoms with Crippen LogP contribution in [0.4, 0.5) is 5.69 Å². The number of hydrogen-bond donors (Lipinski definition) is 1. The van der Waals surface area contributed by atoms with Gasteiger partial charge in [0.1, 0.15) is 0 Å². The number of aliphatic hydroxyl groups is 1. The molecule has 0 radical (unpaired) electrons. The largest absolute Gasteiger partial charge is 0.395 e. The van der Waals surface area contributed by atoms with Crippen LogP contribution in [0, 0.1) is 0 Å². The summed E-state index contributed by atoms with van der Waals surface area (Å²) in [5, 5.41) is 10.6. The van der Waals surface area contributed by atoms with E-state index in [4.69, 9.17) is 0 Å². The molecule has 2 aromatic rings. The van der Waals surface area contributed by atoms with Crippen molar-refractivity contribution in [1.82, 2.24) is 4.98 Å². The first-order valence-electron chi connectivity index (χ1n) is 7.61. The number of hydrogen-bond acceptors (Lipinski definition) is 3. The topological polar surface area (TPSA) is 36.4 Å². The first-order valence-corrected chi connectivity index (χ1v) is 7.61. The van der Waals surface area contributed by atoms with Crippen LogP contribution >= 0.6 is 0 Å². The Bertz CT molecular complexity index is 558. The molecule has 1 aromatic heterocycles. The lowest BCUT2D eigenvalue weighted by Crippen LogP contribution is -2.39. The Morgan fingerprint density at radius 2 is 1.90 bits per heavy atom. The van der Waals surface area contributed by atoms with Crippen LogP contribution in [0.1, 0.15) is 32.1 Å². The highest BCUT2D eigenvalue weighted by atomic mass is 16.3. The number of pyridine rings is 1. The average Bonchev–Trinajstić information content (AvgIpc) is 2.53. The number of aliphatic hydroxyl groups excluding tert-OH is 1. The van der Waals surface area contributed by atoms with Crippen molar-refractivity contribution < 1.29 is 5.11 Å². The third-order valence-corrected chi connectivity index (χ3v) is 4.29. The highest BCUT2D eigenvalue weighted by Crippen LogP contribution is 2.31. The van der Waals surface area contributed by atoms with Gasteiger partial charge in [-0.25, -0.2) is 0 Å². The summed E-state index contributed by atoms with van der Waals surface area (Å²) in [4.78, 5) is 6.83. The van der Waals surface area contributed by atoms with Crippen molar-refractivity contribution in [1.29, 1.82) is 0 Å². The Balaban J connectivity index is 2.00. The summed E-state index contributed by atoms with van der Waals surface area (Å²) in [6.07, 6.45) is 8.30. The fraction of sp³-hybridized carbons (Fsp3) is 0.471. The van der Waals surface area contributed by atoms with Gasteiger partial charge in [-0.3, -0.25) is 4.98 Å². The second-order valence-corrected chi connectivity index (χ2v) is 5.56. The van der Waals surface area contributed by atoms with E-state index >= 15 is 0 Å². The van der Waals surface area contributed by atoms with Crippen molar-refractivity contribution >= 4 is 16.6 Å². The normalized spacial score (nSPS) is 16.4. The molecule has 106 valence electrons. The lowest BCUT2D eigenvalue weighted by atomic mass is 9.93. The van der Waals surface area contributed by atoms with Crippen molar-refractivity contribution in [2.75, 3.05) is 18.1 Å². The third kappa shape index (κ3) is 2.63. The molecule has 0 bridgehead atoms. The third-order valence-electron chi connectivity index (χ3n) is 4.29.